The van der Waals surface area contributed by atoms with Crippen LogP contribution in [-0.2, 0) is 16.1 Å². The van der Waals surface area contributed by atoms with E-state index in [9.17, 15) is 18.0 Å². The first-order chi connectivity index (χ1) is 11.0. The van der Waals surface area contributed by atoms with E-state index < -0.39 is 30.0 Å². The van der Waals surface area contributed by atoms with Crippen LogP contribution >= 0.6 is 54.5 Å². The molecule has 0 unspecified atom stereocenters. The number of esters is 1. The second-order valence-electron chi connectivity index (χ2n) is 6.25. The Hall–Kier alpha value is -0.0900. The Labute approximate surface area is 168 Å². The largest absolute Gasteiger partial charge is 0.460 e. The Bertz CT molecular complexity index is 702. The van der Waals surface area contributed by atoms with Crippen LogP contribution in [0.5, 0.6) is 0 Å². The topological polar surface area (TPSA) is 26.3 Å². The third-order valence-electron chi connectivity index (χ3n) is 4.40. The zero-order valence-electron chi connectivity index (χ0n) is 13.0. The Morgan fingerprint density at radius 2 is 1.83 bits per heavy atom. The van der Waals surface area contributed by atoms with Crippen molar-refractivity contribution >= 4 is 60.4 Å². The molecule has 2 rings (SSSR count). The molecule has 0 heterocycles. The third kappa shape index (κ3) is 3.70. The van der Waals surface area contributed by atoms with Crippen LogP contribution in [0, 0.1) is 45.2 Å². The smallest absolute Gasteiger partial charge is 0.310 e. The average molecular weight is 582 g/mol. The van der Waals surface area contributed by atoms with Crippen molar-refractivity contribution in [3.05, 3.63) is 41.6 Å². The van der Waals surface area contributed by atoms with E-state index in [4.69, 9.17) is 4.74 Å². The van der Waals surface area contributed by atoms with Crippen molar-refractivity contribution < 1.29 is 22.7 Å². The van der Waals surface area contributed by atoms with Gasteiger partial charge in [0.05, 0.1) is 12.9 Å². The van der Waals surface area contributed by atoms with Crippen molar-refractivity contribution in [3.63, 3.8) is 0 Å². The molecule has 0 N–H and O–H groups in total. The maximum Gasteiger partial charge on any atom is 0.310 e. The second-order valence-corrected chi connectivity index (χ2v) is 10.1. The van der Waals surface area contributed by atoms with Gasteiger partial charge in [0, 0.05) is 11.1 Å². The van der Waals surface area contributed by atoms with E-state index in [1.165, 1.54) is 0 Å². The minimum Gasteiger partial charge on any atom is -0.460 e. The second kappa shape index (κ2) is 7.26. The third-order valence-corrected chi connectivity index (χ3v) is 6.06. The molecule has 8 heteroatoms. The minimum atomic E-state index is -1.25. The molecule has 2 nitrogen and oxygen atoms in total. The summed E-state index contributed by atoms with van der Waals surface area (Å²) in [6.45, 7) is 4.49. The lowest BCUT2D eigenvalue weighted by atomic mass is 10.1. The van der Waals surface area contributed by atoms with Gasteiger partial charge < -0.3 is 4.74 Å². The number of rotatable bonds is 4. The fourth-order valence-electron chi connectivity index (χ4n) is 2.72. The van der Waals surface area contributed by atoms with E-state index in [1.54, 1.807) is 22.6 Å². The van der Waals surface area contributed by atoms with Gasteiger partial charge in [0.15, 0.2) is 11.6 Å². The van der Waals surface area contributed by atoms with Gasteiger partial charge in [-0.25, -0.2) is 13.2 Å². The highest BCUT2D eigenvalue weighted by Crippen LogP contribution is 2.60. The molecule has 132 valence electrons. The molecular formula is C16H14Br2F3IO2. The molecule has 24 heavy (non-hydrogen) atoms. The molecule has 1 aromatic rings. The average Bonchev–Trinajstić information content (AvgIpc) is 3.02. The van der Waals surface area contributed by atoms with E-state index in [0.717, 1.165) is 10.3 Å². The fourth-order valence-corrected chi connectivity index (χ4v) is 4.09. The van der Waals surface area contributed by atoms with Crippen molar-refractivity contribution in [2.45, 2.75) is 27.4 Å². The van der Waals surface area contributed by atoms with Crippen molar-refractivity contribution in [2.24, 2.45) is 17.3 Å². The molecule has 0 amide bonds. The number of hydrogen-bond donors (Lipinski definition) is 0. The van der Waals surface area contributed by atoms with E-state index in [2.05, 4.69) is 31.9 Å². The molecule has 0 radical (unpaired) electrons. The summed E-state index contributed by atoms with van der Waals surface area (Å²) in [5, 5.41) is 0. The number of halogens is 6. The number of ether oxygens (including phenoxy) is 1. The zero-order chi connectivity index (χ0) is 18.4. The van der Waals surface area contributed by atoms with E-state index in [-0.39, 0.29) is 31.9 Å². The molecule has 1 aromatic carbocycles. The summed E-state index contributed by atoms with van der Waals surface area (Å²) in [5.41, 5.74) is -0.959. The Balaban J connectivity index is 2.16. The molecule has 0 aromatic heterocycles. The maximum atomic E-state index is 14.0. The zero-order valence-corrected chi connectivity index (χ0v) is 18.4. The van der Waals surface area contributed by atoms with Crippen molar-refractivity contribution in [3.8, 4) is 0 Å². The van der Waals surface area contributed by atoms with E-state index in [1.807, 2.05) is 19.9 Å². The van der Waals surface area contributed by atoms with Gasteiger partial charge in [-0.05, 0) is 72.7 Å². The Morgan fingerprint density at radius 3 is 2.38 bits per heavy atom. The van der Waals surface area contributed by atoms with Gasteiger partial charge in [0.25, 0.3) is 0 Å². The molecule has 0 aliphatic heterocycles. The van der Waals surface area contributed by atoms with Crippen LogP contribution in [0.15, 0.2) is 9.47 Å². The first kappa shape index (κ1) is 20.2. The van der Waals surface area contributed by atoms with Gasteiger partial charge in [-0.1, -0.05) is 19.9 Å². The van der Waals surface area contributed by atoms with Crippen molar-refractivity contribution in [1.29, 1.82) is 0 Å². The van der Waals surface area contributed by atoms with Crippen molar-refractivity contribution in [1.82, 2.24) is 0 Å². The summed E-state index contributed by atoms with van der Waals surface area (Å²) in [6.07, 6.45) is 1.85. The Kier molecular flexibility index (Phi) is 6.12. The number of carbonyl (C=O) groups is 1. The highest BCUT2D eigenvalue weighted by molar-refractivity contribution is 14.1. The lowest BCUT2D eigenvalue weighted by Gasteiger charge is -2.12. The fraction of sp³-hybridized carbons (Fsp3) is 0.438. The van der Waals surface area contributed by atoms with Gasteiger partial charge in [-0.2, -0.15) is 0 Å². The molecule has 0 saturated heterocycles. The number of carbonyl (C=O) groups excluding carboxylic acids is 1. The van der Waals surface area contributed by atoms with Crippen LogP contribution in [0.2, 0.25) is 0 Å². The van der Waals surface area contributed by atoms with E-state index in [0.29, 0.717) is 0 Å². The van der Waals surface area contributed by atoms with Crippen LogP contribution in [0.1, 0.15) is 25.0 Å². The monoisotopic (exact) mass is 580 g/mol. The van der Waals surface area contributed by atoms with Crippen LogP contribution in [0.4, 0.5) is 13.2 Å². The van der Waals surface area contributed by atoms with Gasteiger partial charge in [0.2, 0.25) is 0 Å². The van der Waals surface area contributed by atoms with E-state index >= 15 is 0 Å². The summed E-state index contributed by atoms with van der Waals surface area (Å²) >= 11 is 8.09. The first-order valence-corrected chi connectivity index (χ1v) is 9.67. The predicted molar refractivity (Wildman–Crippen MR) is 100 cm³/mol. The van der Waals surface area contributed by atoms with Crippen LogP contribution in [-0.4, -0.2) is 5.97 Å². The summed E-state index contributed by atoms with van der Waals surface area (Å²) in [6, 6.07) is 0. The molecule has 1 aliphatic carbocycles. The minimum absolute atomic E-state index is 0.0332. The van der Waals surface area contributed by atoms with Crippen molar-refractivity contribution in [2.75, 3.05) is 0 Å². The molecule has 0 bridgehead atoms. The predicted octanol–water partition coefficient (Wildman–Crippen LogP) is 5.96. The van der Waals surface area contributed by atoms with Crippen LogP contribution in [0.25, 0.3) is 0 Å². The standard InChI is InChI=1S/C16H14Br2F3IO2/c1-6-11(19)13(21)7(14(22)12(6)20)5-24-15(23)10-8(4-9(17)18)16(10,2)3/h4,8,10H,5H2,1-3H3/t8-,10-/m0/s1. The number of hydrogen-bond acceptors (Lipinski definition) is 2. The molecule has 2 atom stereocenters. The molecule has 1 fully saturated rings. The van der Waals surface area contributed by atoms with Gasteiger partial charge in [-0.15, -0.1) is 0 Å². The normalized spacial score (nSPS) is 21.4. The molecule has 1 aliphatic rings. The first-order valence-electron chi connectivity index (χ1n) is 7.01. The summed E-state index contributed by atoms with van der Waals surface area (Å²) < 4.78 is 47.4. The summed E-state index contributed by atoms with van der Waals surface area (Å²) in [4.78, 5) is 12.3. The highest BCUT2D eigenvalue weighted by Gasteiger charge is 2.61. The van der Waals surface area contributed by atoms with Crippen LogP contribution < -0.4 is 0 Å². The molecular weight excluding hydrogens is 568 g/mol. The van der Waals surface area contributed by atoms with Gasteiger partial charge in [-0.3, -0.25) is 4.79 Å². The SMILES string of the molecule is Cc1c(F)c(F)c(COC(=O)[C@@H]2[C@H](C=C(Br)Br)C2(C)C)c(I)c1F. The maximum absolute atomic E-state index is 14.0. The lowest BCUT2D eigenvalue weighted by molar-refractivity contribution is -0.147. The lowest BCUT2D eigenvalue weighted by Crippen LogP contribution is -2.13. The number of benzene rings is 1. The summed E-state index contributed by atoms with van der Waals surface area (Å²) in [7, 11) is 0. The number of allylic oxidation sites excluding steroid dienone is 1. The van der Waals surface area contributed by atoms with Crippen LogP contribution in [0.3, 0.4) is 0 Å². The highest BCUT2D eigenvalue weighted by atomic mass is 127. The van der Waals surface area contributed by atoms with Gasteiger partial charge >= 0.3 is 5.97 Å². The molecule has 0 spiro atoms. The summed E-state index contributed by atoms with van der Waals surface area (Å²) in [5.74, 6) is -4.21. The Morgan fingerprint density at radius 1 is 1.25 bits per heavy atom. The molecule has 1 saturated carbocycles. The quantitative estimate of drug-likeness (QED) is 0.249. The van der Waals surface area contributed by atoms with Gasteiger partial charge in [0.1, 0.15) is 12.4 Å².